The van der Waals surface area contributed by atoms with Gasteiger partial charge in [0.25, 0.3) is 5.56 Å². The highest BCUT2D eigenvalue weighted by atomic mass is 32.2. The third-order valence-electron chi connectivity index (χ3n) is 4.76. The number of hydrogen-bond donors (Lipinski definition) is 1. The molecule has 148 valence electrons. The Morgan fingerprint density at radius 1 is 1.29 bits per heavy atom. The summed E-state index contributed by atoms with van der Waals surface area (Å²) < 4.78 is 1.65. The molecule has 3 rings (SSSR count). The second-order valence-electron chi connectivity index (χ2n) is 6.99. The van der Waals surface area contributed by atoms with Crippen LogP contribution in [0, 0.1) is 13.8 Å². The molecule has 0 aliphatic rings. The van der Waals surface area contributed by atoms with Crippen LogP contribution in [0.4, 0.5) is 5.69 Å². The van der Waals surface area contributed by atoms with Crippen LogP contribution in [0.25, 0.3) is 10.2 Å². The molecule has 0 saturated heterocycles. The van der Waals surface area contributed by atoms with E-state index < -0.39 is 0 Å². The van der Waals surface area contributed by atoms with E-state index in [2.05, 4.69) is 24.1 Å². The van der Waals surface area contributed by atoms with Crippen LogP contribution in [0.1, 0.15) is 42.7 Å². The molecule has 28 heavy (non-hydrogen) atoms. The van der Waals surface area contributed by atoms with Gasteiger partial charge in [-0.25, -0.2) is 4.98 Å². The minimum absolute atomic E-state index is 0.0255. The number of carbonyl (C=O) groups is 1. The summed E-state index contributed by atoms with van der Waals surface area (Å²) in [5, 5.41) is 4.28. The number of nitrogens with zero attached hydrogens (tertiary/aromatic N) is 2. The highest BCUT2D eigenvalue weighted by Gasteiger charge is 2.17. The first-order chi connectivity index (χ1) is 13.3. The zero-order valence-corrected chi connectivity index (χ0v) is 18.5. The van der Waals surface area contributed by atoms with Crippen LogP contribution in [0.15, 0.2) is 34.2 Å². The van der Waals surface area contributed by atoms with Gasteiger partial charge in [0, 0.05) is 17.1 Å². The summed E-state index contributed by atoms with van der Waals surface area (Å²) in [6, 6.07) is 7.84. The Hall–Kier alpha value is -2.12. The minimum Gasteiger partial charge on any atom is -0.325 e. The van der Waals surface area contributed by atoms with Crippen LogP contribution in [0.2, 0.25) is 0 Å². The van der Waals surface area contributed by atoms with Gasteiger partial charge in [0.15, 0.2) is 5.16 Å². The van der Waals surface area contributed by atoms with Gasteiger partial charge in [-0.2, -0.15) is 0 Å². The molecule has 1 amide bonds. The molecule has 0 unspecified atom stereocenters. The van der Waals surface area contributed by atoms with Crippen molar-refractivity contribution >= 4 is 44.9 Å². The van der Waals surface area contributed by atoms with Crippen molar-refractivity contribution in [2.75, 3.05) is 11.1 Å². The normalized spacial score (nSPS) is 11.4. The molecule has 2 aromatic heterocycles. The Labute approximate surface area is 173 Å². The van der Waals surface area contributed by atoms with Gasteiger partial charge in [0.1, 0.15) is 4.83 Å². The van der Waals surface area contributed by atoms with E-state index in [4.69, 9.17) is 0 Å². The van der Waals surface area contributed by atoms with Crippen molar-refractivity contribution in [2.24, 2.45) is 0 Å². The van der Waals surface area contributed by atoms with Crippen LogP contribution >= 0.6 is 23.1 Å². The molecule has 0 fully saturated rings. The highest BCUT2D eigenvalue weighted by molar-refractivity contribution is 7.99. The van der Waals surface area contributed by atoms with Crippen LogP contribution in [-0.2, 0) is 11.3 Å². The van der Waals surface area contributed by atoms with Gasteiger partial charge in [0.2, 0.25) is 5.91 Å². The summed E-state index contributed by atoms with van der Waals surface area (Å²) in [5.74, 6) is 0.422. The molecule has 2 heterocycles. The van der Waals surface area contributed by atoms with Crippen molar-refractivity contribution < 1.29 is 4.79 Å². The van der Waals surface area contributed by atoms with Crippen molar-refractivity contribution in [3.63, 3.8) is 0 Å². The summed E-state index contributed by atoms with van der Waals surface area (Å²) in [5.41, 5.74) is 2.92. The maximum absolute atomic E-state index is 12.9. The van der Waals surface area contributed by atoms with Gasteiger partial charge in [-0.3, -0.25) is 14.2 Å². The van der Waals surface area contributed by atoms with Gasteiger partial charge >= 0.3 is 0 Å². The van der Waals surface area contributed by atoms with Crippen LogP contribution < -0.4 is 10.9 Å². The molecule has 0 atom stereocenters. The van der Waals surface area contributed by atoms with E-state index in [1.54, 1.807) is 4.57 Å². The Morgan fingerprint density at radius 3 is 2.68 bits per heavy atom. The average molecular weight is 416 g/mol. The number of thioether (sulfide) groups is 1. The Balaban J connectivity index is 1.82. The van der Waals surface area contributed by atoms with Gasteiger partial charge in [-0.05, 0) is 43.9 Å². The summed E-state index contributed by atoms with van der Waals surface area (Å²) in [7, 11) is 0. The van der Waals surface area contributed by atoms with E-state index in [1.165, 1.54) is 23.1 Å². The highest BCUT2D eigenvalue weighted by Crippen LogP contribution is 2.29. The monoisotopic (exact) mass is 415 g/mol. The number of aromatic nitrogens is 2. The molecule has 1 N–H and O–H groups in total. The fourth-order valence-corrected chi connectivity index (χ4v) is 5.06. The third kappa shape index (κ3) is 4.00. The average Bonchev–Trinajstić information content (AvgIpc) is 2.94. The number of benzene rings is 1. The predicted molar refractivity (Wildman–Crippen MR) is 119 cm³/mol. The molecular formula is C21H25N3O2S2. The molecule has 3 aromatic rings. The number of aryl methyl sites for hydroxylation is 2. The zero-order chi connectivity index (χ0) is 20.4. The molecule has 1 aromatic carbocycles. The van der Waals surface area contributed by atoms with Gasteiger partial charge < -0.3 is 5.32 Å². The van der Waals surface area contributed by atoms with E-state index >= 15 is 0 Å². The van der Waals surface area contributed by atoms with Gasteiger partial charge in [-0.1, -0.05) is 43.8 Å². The van der Waals surface area contributed by atoms with Crippen molar-refractivity contribution in [1.82, 2.24) is 9.55 Å². The predicted octanol–water partition coefficient (Wildman–Crippen LogP) is 4.95. The summed E-state index contributed by atoms with van der Waals surface area (Å²) >= 11 is 2.83. The second-order valence-corrected chi connectivity index (χ2v) is 9.13. The molecule has 5 nitrogen and oxygen atoms in total. The first-order valence-corrected chi connectivity index (χ1v) is 11.2. The van der Waals surface area contributed by atoms with Crippen molar-refractivity contribution in [3.05, 3.63) is 50.6 Å². The van der Waals surface area contributed by atoms with E-state index in [0.29, 0.717) is 23.0 Å². The Morgan fingerprint density at radius 2 is 2.00 bits per heavy atom. The summed E-state index contributed by atoms with van der Waals surface area (Å²) in [6.45, 7) is 10.6. The molecule has 0 radical (unpaired) electrons. The van der Waals surface area contributed by atoms with Gasteiger partial charge in [-0.15, -0.1) is 11.3 Å². The lowest BCUT2D eigenvalue weighted by molar-refractivity contribution is -0.113. The molecule has 0 spiro atoms. The molecular weight excluding hydrogens is 390 g/mol. The number of anilines is 1. The zero-order valence-electron chi connectivity index (χ0n) is 16.8. The lowest BCUT2D eigenvalue weighted by Crippen LogP contribution is -2.23. The van der Waals surface area contributed by atoms with Crippen LogP contribution in [0.5, 0.6) is 0 Å². The maximum Gasteiger partial charge on any atom is 0.263 e. The van der Waals surface area contributed by atoms with Crippen molar-refractivity contribution in [1.29, 1.82) is 0 Å². The number of thiophene rings is 1. The Bertz CT molecular complexity index is 1080. The summed E-state index contributed by atoms with van der Waals surface area (Å²) in [4.78, 5) is 31.9. The Kier molecular flexibility index (Phi) is 6.25. The number of hydrogen-bond acceptors (Lipinski definition) is 5. The second kappa shape index (κ2) is 8.49. The molecule has 0 saturated carbocycles. The molecule has 7 heteroatoms. The minimum atomic E-state index is -0.103. The maximum atomic E-state index is 12.9. The van der Waals surface area contributed by atoms with Crippen LogP contribution in [0.3, 0.4) is 0 Å². The first kappa shape index (κ1) is 20.6. The number of amides is 1. The smallest absolute Gasteiger partial charge is 0.263 e. The van der Waals surface area contributed by atoms with E-state index in [9.17, 15) is 9.59 Å². The fraction of sp³-hybridized carbons (Fsp3) is 0.381. The fourth-order valence-electron chi connectivity index (χ4n) is 3.13. The first-order valence-electron chi connectivity index (χ1n) is 9.35. The number of nitrogens with one attached hydrogen (secondary N) is 1. The van der Waals surface area contributed by atoms with Crippen molar-refractivity contribution in [2.45, 2.75) is 52.2 Å². The van der Waals surface area contributed by atoms with Gasteiger partial charge in [0.05, 0.1) is 11.1 Å². The lowest BCUT2D eigenvalue weighted by atomic mass is 10.0. The standard InChI is InChI=1S/C21H25N3O2S2/c1-6-24-20(26)18-13(4)14(5)28-19(18)23-21(24)27-11-17(25)22-16-10-8-7-9-15(16)12(2)3/h7-10,12H,6,11H2,1-5H3,(H,22,25). The largest absolute Gasteiger partial charge is 0.325 e. The molecule has 0 bridgehead atoms. The molecule has 0 aliphatic heterocycles. The molecule has 0 aliphatic carbocycles. The topological polar surface area (TPSA) is 64.0 Å². The van der Waals surface area contributed by atoms with E-state index in [0.717, 1.165) is 26.5 Å². The lowest BCUT2D eigenvalue weighted by Gasteiger charge is -2.14. The third-order valence-corrected chi connectivity index (χ3v) is 6.84. The number of rotatable bonds is 6. The summed E-state index contributed by atoms with van der Waals surface area (Å²) in [6.07, 6.45) is 0. The quantitative estimate of drug-likeness (QED) is 0.457. The SMILES string of the molecule is CCn1c(SCC(=O)Nc2ccccc2C(C)C)nc2sc(C)c(C)c2c1=O. The number of fused-ring (bicyclic) bond motifs is 1. The van der Waals surface area contributed by atoms with E-state index in [-0.39, 0.29) is 17.2 Å². The number of carbonyl (C=O) groups excluding carboxylic acids is 1. The van der Waals surface area contributed by atoms with E-state index in [1.807, 2.05) is 45.0 Å². The number of para-hydroxylation sites is 1. The van der Waals surface area contributed by atoms with Crippen LogP contribution in [-0.4, -0.2) is 21.2 Å². The van der Waals surface area contributed by atoms with Crippen molar-refractivity contribution in [3.8, 4) is 0 Å².